The lowest BCUT2D eigenvalue weighted by atomic mass is 9.93. The SMILES string of the molecule is Cc1ccc(Cl)cc1N(CC(=O)NC(C(C)C)C(C)C)S(C)(=O)=O. The van der Waals surface area contributed by atoms with Gasteiger partial charge < -0.3 is 5.32 Å². The molecule has 0 heterocycles. The highest BCUT2D eigenvalue weighted by atomic mass is 35.5. The molecule has 24 heavy (non-hydrogen) atoms. The predicted octanol–water partition coefficient (Wildman–Crippen LogP) is 3.21. The minimum atomic E-state index is -3.61. The fourth-order valence-corrected chi connectivity index (χ4v) is 3.77. The minimum absolute atomic E-state index is 0.0145. The predicted molar refractivity (Wildman–Crippen MR) is 100.0 cm³/mol. The summed E-state index contributed by atoms with van der Waals surface area (Å²) in [6, 6.07) is 4.97. The van der Waals surface area contributed by atoms with Crippen LogP contribution >= 0.6 is 11.6 Å². The summed E-state index contributed by atoms with van der Waals surface area (Å²) >= 11 is 5.99. The van der Waals surface area contributed by atoms with Crippen molar-refractivity contribution in [3.05, 3.63) is 28.8 Å². The maximum Gasteiger partial charge on any atom is 0.241 e. The summed E-state index contributed by atoms with van der Waals surface area (Å²) in [5.41, 5.74) is 1.16. The van der Waals surface area contributed by atoms with Crippen LogP contribution in [0.15, 0.2) is 18.2 Å². The van der Waals surface area contributed by atoms with E-state index in [0.717, 1.165) is 16.1 Å². The zero-order chi connectivity index (χ0) is 18.7. The third-order valence-corrected chi connectivity index (χ3v) is 5.25. The molecular formula is C17H27ClN2O3S. The molecule has 5 nitrogen and oxygen atoms in total. The van der Waals surface area contributed by atoms with Crippen molar-refractivity contribution < 1.29 is 13.2 Å². The third-order valence-electron chi connectivity index (χ3n) is 3.89. The van der Waals surface area contributed by atoms with E-state index in [1.54, 1.807) is 25.1 Å². The number of benzene rings is 1. The highest BCUT2D eigenvalue weighted by Crippen LogP contribution is 2.26. The summed E-state index contributed by atoms with van der Waals surface area (Å²) in [6.45, 7) is 9.63. The first-order chi connectivity index (χ1) is 10.9. The van der Waals surface area contributed by atoms with E-state index in [2.05, 4.69) is 5.32 Å². The van der Waals surface area contributed by atoms with Gasteiger partial charge in [0.25, 0.3) is 0 Å². The summed E-state index contributed by atoms with van der Waals surface area (Å²) in [4.78, 5) is 12.4. The number of carbonyl (C=O) groups is 1. The van der Waals surface area contributed by atoms with Crippen LogP contribution in [-0.2, 0) is 14.8 Å². The van der Waals surface area contributed by atoms with Gasteiger partial charge in [0, 0.05) is 11.1 Å². The highest BCUT2D eigenvalue weighted by Gasteiger charge is 2.25. The Labute approximate surface area is 150 Å². The Kier molecular flexibility index (Phi) is 7.10. The second-order valence-electron chi connectivity index (χ2n) is 6.78. The second kappa shape index (κ2) is 8.21. The van der Waals surface area contributed by atoms with Gasteiger partial charge in [0.05, 0.1) is 11.9 Å². The monoisotopic (exact) mass is 374 g/mol. The molecule has 0 bridgehead atoms. The van der Waals surface area contributed by atoms with E-state index in [4.69, 9.17) is 11.6 Å². The molecule has 1 aromatic carbocycles. The van der Waals surface area contributed by atoms with Crippen LogP contribution in [-0.4, -0.2) is 33.2 Å². The van der Waals surface area contributed by atoms with Crippen molar-refractivity contribution >= 4 is 33.2 Å². The molecular weight excluding hydrogens is 348 g/mol. The summed E-state index contributed by atoms with van der Waals surface area (Å²) in [6.07, 6.45) is 1.09. The van der Waals surface area contributed by atoms with Crippen LogP contribution in [0.25, 0.3) is 0 Å². The molecule has 1 aromatic rings. The van der Waals surface area contributed by atoms with Crippen LogP contribution in [0.3, 0.4) is 0 Å². The van der Waals surface area contributed by atoms with E-state index in [9.17, 15) is 13.2 Å². The van der Waals surface area contributed by atoms with Crippen molar-refractivity contribution in [3.8, 4) is 0 Å². The van der Waals surface area contributed by atoms with Gasteiger partial charge in [-0.15, -0.1) is 0 Å². The number of rotatable bonds is 7. The van der Waals surface area contributed by atoms with Gasteiger partial charge in [-0.05, 0) is 36.5 Å². The average Bonchev–Trinajstić information content (AvgIpc) is 2.43. The van der Waals surface area contributed by atoms with Crippen molar-refractivity contribution in [2.75, 3.05) is 17.1 Å². The van der Waals surface area contributed by atoms with Crippen molar-refractivity contribution in [1.29, 1.82) is 0 Å². The first kappa shape index (κ1) is 20.8. The maximum atomic E-state index is 12.4. The van der Waals surface area contributed by atoms with E-state index in [1.807, 2.05) is 27.7 Å². The van der Waals surface area contributed by atoms with Crippen LogP contribution in [0, 0.1) is 18.8 Å². The number of sulfonamides is 1. The van der Waals surface area contributed by atoms with Gasteiger partial charge in [0.2, 0.25) is 15.9 Å². The third kappa shape index (κ3) is 5.67. The van der Waals surface area contributed by atoms with Crippen LogP contribution in [0.4, 0.5) is 5.69 Å². The minimum Gasteiger partial charge on any atom is -0.351 e. The first-order valence-corrected chi connectivity index (χ1v) is 10.2. The molecule has 1 N–H and O–H groups in total. The molecule has 0 aliphatic heterocycles. The number of carbonyl (C=O) groups excluding carboxylic acids is 1. The largest absolute Gasteiger partial charge is 0.351 e. The van der Waals surface area contributed by atoms with E-state index >= 15 is 0 Å². The quantitative estimate of drug-likeness (QED) is 0.796. The Bertz CT molecular complexity index is 679. The van der Waals surface area contributed by atoms with Gasteiger partial charge in [0.1, 0.15) is 6.54 Å². The zero-order valence-corrected chi connectivity index (χ0v) is 16.7. The molecule has 0 aliphatic carbocycles. The molecule has 0 fully saturated rings. The van der Waals surface area contributed by atoms with Crippen molar-refractivity contribution in [2.45, 2.75) is 40.7 Å². The number of amides is 1. The second-order valence-corrected chi connectivity index (χ2v) is 9.13. The number of nitrogens with one attached hydrogen (secondary N) is 1. The van der Waals surface area contributed by atoms with Crippen molar-refractivity contribution in [1.82, 2.24) is 5.32 Å². The van der Waals surface area contributed by atoms with Gasteiger partial charge in [-0.25, -0.2) is 8.42 Å². The molecule has 0 saturated carbocycles. The van der Waals surface area contributed by atoms with Crippen LogP contribution in [0.2, 0.25) is 5.02 Å². The molecule has 0 aromatic heterocycles. The number of nitrogens with zero attached hydrogens (tertiary/aromatic N) is 1. The van der Waals surface area contributed by atoms with E-state index in [1.165, 1.54) is 0 Å². The molecule has 0 atom stereocenters. The Morgan fingerprint density at radius 2 is 1.75 bits per heavy atom. The summed E-state index contributed by atoms with van der Waals surface area (Å²) in [7, 11) is -3.61. The highest BCUT2D eigenvalue weighted by molar-refractivity contribution is 7.92. The summed E-state index contributed by atoms with van der Waals surface area (Å²) in [5, 5.41) is 3.37. The topological polar surface area (TPSA) is 66.5 Å². The van der Waals surface area contributed by atoms with Crippen LogP contribution in [0.1, 0.15) is 33.3 Å². The van der Waals surface area contributed by atoms with Gasteiger partial charge in [-0.3, -0.25) is 9.10 Å². The van der Waals surface area contributed by atoms with E-state index in [-0.39, 0.29) is 30.3 Å². The number of hydrogen-bond donors (Lipinski definition) is 1. The molecule has 1 amide bonds. The smallest absolute Gasteiger partial charge is 0.241 e. The normalized spacial score (nSPS) is 12.1. The van der Waals surface area contributed by atoms with E-state index < -0.39 is 10.0 Å². The Morgan fingerprint density at radius 1 is 1.21 bits per heavy atom. The fraction of sp³-hybridized carbons (Fsp3) is 0.588. The summed E-state index contributed by atoms with van der Waals surface area (Å²) in [5.74, 6) is 0.189. The number of aryl methyl sites for hydroxylation is 1. The van der Waals surface area contributed by atoms with E-state index in [0.29, 0.717) is 10.7 Å². The van der Waals surface area contributed by atoms with Crippen molar-refractivity contribution in [3.63, 3.8) is 0 Å². The molecule has 0 aliphatic rings. The number of anilines is 1. The number of halogens is 1. The van der Waals surface area contributed by atoms with Gasteiger partial charge in [-0.2, -0.15) is 0 Å². The Morgan fingerprint density at radius 3 is 2.21 bits per heavy atom. The molecule has 7 heteroatoms. The fourth-order valence-electron chi connectivity index (χ4n) is 2.70. The lowest BCUT2D eigenvalue weighted by Crippen LogP contribution is -2.47. The molecule has 1 rings (SSSR count). The lowest BCUT2D eigenvalue weighted by molar-refractivity contribution is -0.121. The van der Waals surface area contributed by atoms with Gasteiger partial charge in [-0.1, -0.05) is 45.4 Å². The first-order valence-electron chi connectivity index (χ1n) is 7.96. The molecule has 0 radical (unpaired) electrons. The molecule has 0 unspecified atom stereocenters. The van der Waals surface area contributed by atoms with Gasteiger partial charge >= 0.3 is 0 Å². The molecule has 136 valence electrons. The van der Waals surface area contributed by atoms with Crippen molar-refractivity contribution in [2.24, 2.45) is 11.8 Å². The average molecular weight is 375 g/mol. The van der Waals surface area contributed by atoms with Crippen LogP contribution in [0.5, 0.6) is 0 Å². The zero-order valence-electron chi connectivity index (χ0n) is 15.1. The Hall–Kier alpha value is -1.27. The van der Waals surface area contributed by atoms with Crippen LogP contribution < -0.4 is 9.62 Å². The standard InChI is InChI=1S/C17H27ClN2O3S/c1-11(2)17(12(3)4)19-16(21)10-20(24(6,22)23)15-9-14(18)8-7-13(15)5/h7-9,11-12,17H,10H2,1-6H3,(H,19,21). The molecule has 0 saturated heterocycles. The molecule has 0 spiro atoms. The lowest BCUT2D eigenvalue weighted by Gasteiger charge is -2.29. The van der Waals surface area contributed by atoms with Gasteiger partial charge in [0.15, 0.2) is 0 Å². The maximum absolute atomic E-state index is 12.4. The Balaban J connectivity index is 3.08. The summed E-state index contributed by atoms with van der Waals surface area (Å²) < 4.78 is 25.5. The number of hydrogen-bond acceptors (Lipinski definition) is 3.